The van der Waals surface area contributed by atoms with E-state index < -0.39 is 0 Å². The molecule has 7 aromatic carbocycles. The number of para-hydroxylation sites is 1. The van der Waals surface area contributed by atoms with Crippen LogP contribution in [0.3, 0.4) is 0 Å². The minimum Gasteiger partial charge on any atom is -0.309 e. The second kappa shape index (κ2) is 9.60. The Balaban J connectivity index is 1.15. The molecule has 10 aromatic rings. The van der Waals surface area contributed by atoms with E-state index in [0.29, 0.717) is 0 Å². The van der Waals surface area contributed by atoms with E-state index in [0.717, 1.165) is 21.8 Å². The van der Waals surface area contributed by atoms with Crippen LogP contribution in [0.1, 0.15) is 0 Å². The summed E-state index contributed by atoms with van der Waals surface area (Å²) in [6.07, 6.45) is 0. The molecule has 0 aliphatic rings. The maximum absolute atomic E-state index is 5.25. The number of nitrogens with zero attached hydrogens (tertiary/aromatic N) is 2. The van der Waals surface area contributed by atoms with Crippen LogP contribution in [0.15, 0.2) is 146 Å². The van der Waals surface area contributed by atoms with E-state index in [9.17, 15) is 0 Å². The highest BCUT2D eigenvalue weighted by molar-refractivity contribution is 7.28. The Labute approximate surface area is 267 Å². The van der Waals surface area contributed by atoms with Crippen LogP contribution in [0.2, 0.25) is 0 Å². The van der Waals surface area contributed by atoms with Gasteiger partial charge in [-0.1, -0.05) is 91.0 Å². The molecule has 2 nitrogen and oxygen atoms in total. The lowest BCUT2D eigenvalue weighted by atomic mass is 10.0. The molecule has 0 atom stereocenters. The Kier molecular flexibility index (Phi) is 5.35. The Hall–Kier alpha value is -5.29. The summed E-state index contributed by atoms with van der Waals surface area (Å²) in [4.78, 5) is 5.25. The third-order valence-corrected chi connectivity index (χ3v) is 11.3. The van der Waals surface area contributed by atoms with Crippen molar-refractivity contribution in [2.45, 2.75) is 0 Å². The zero-order valence-electron chi connectivity index (χ0n) is 24.1. The van der Waals surface area contributed by atoms with E-state index in [2.05, 4.69) is 150 Å². The molecule has 0 spiro atoms. The first-order valence-corrected chi connectivity index (χ1v) is 16.8. The molecule has 45 heavy (non-hydrogen) atoms. The summed E-state index contributed by atoms with van der Waals surface area (Å²) >= 11 is 3.68. The highest BCUT2D eigenvalue weighted by Crippen LogP contribution is 2.47. The summed E-state index contributed by atoms with van der Waals surface area (Å²) in [7, 11) is 0. The van der Waals surface area contributed by atoms with Crippen LogP contribution in [-0.4, -0.2) is 9.55 Å². The van der Waals surface area contributed by atoms with Gasteiger partial charge in [0.2, 0.25) is 0 Å². The average Bonchev–Trinajstić information content (AvgIpc) is 3.79. The lowest BCUT2D eigenvalue weighted by Crippen LogP contribution is -1.93. The lowest BCUT2D eigenvalue weighted by Gasteiger charge is -2.09. The maximum Gasteiger partial charge on any atom is 0.124 e. The molecule has 0 unspecified atom stereocenters. The van der Waals surface area contributed by atoms with Crippen LogP contribution >= 0.6 is 22.7 Å². The highest BCUT2D eigenvalue weighted by Gasteiger charge is 2.19. The first-order chi connectivity index (χ1) is 22.3. The van der Waals surface area contributed by atoms with Gasteiger partial charge in [-0.05, 0) is 70.9 Å². The summed E-state index contributed by atoms with van der Waals surface area (Å²) in [5, 5.41) is 8.75. The van der Waals surface area contributed by atoms with Crippen molar-refractivity contribution < 1.29 is 0 Å². The highest BCUT2D eigenvalue weighted by atomic mass is 32.1. The van der Waals surface area contributed by atoms with Gasteiger partial charge in [0.05, 0.1) is 21.3 Å². The SMILES string of the molecule is c1ccc(-c2cc3nc(-c4ccc(-n5c6ccccc6c6cc7ccccc7cc65)cc4)sc3c3c2sc2ccccc23)cc1. The fourth-order valence-electron chi connectivity index (χ4n) is 6.91. The average molecular weight is 609 g/mol. The molecule has 4 heteroatoms. The van der Waals surface area contributed by atoms with Crippen LogP contribution in [0.25, 0.3) is 90.4 Å². The van der Waals surface area contributed by atoms with Crippen molar-refractivity contribution >= 4 is 85.6 Å². The predicted molar refractivity (Wildman–Crippen MR) is 195 cm³/mol. The van der Waals surface area contributed by atoms with Crippen LogP contribution in [-0.2, 0) is 0 Å². The number of aromatic nitrogens is 2. The van der Waals surface area contributed by atoms with Gasteiger partial charge < -0.3 is 4.57 Å². The van der Waals surface area contributed by atoms with Crippen molar-refractivity contribution in [3.05, 3.63) is 146 Å². The molecule has 0 aliphatic heterocycles. The fraction of sp³-hybridized carbons (Fsp3) is 0. The molecule has 0 aliphatic carbocycles. The van der Waals surface area contributed by atoms with Gasteiger partial charge in [0.15, 0.2) is 0 Å². The van der Waals surface area contributed by atoms with Crippen molar-refractivity contribution in [2.24, 2.45) is 0 Å². The van der Waals surface area contributed by atoms with Gasteiger partial charge in [0, 0.05) is 47.8 Å². The molecule has 0 fully saturated rings. The number of rotatable bonds is 3. The van der Waals surface area contributed by atoms with E-state index in [4.69, 9.17) is 4.98 Å². The Morgan fingerprint density at radius 3 is 2.04 bits per heavy atom. The molecular weight excluding hydrogens is 585 g/mol. The van der Waals surface area contributed by atoms with E-state index in [1.165, 1.54) is 68.6 Å². The first kappa shape index (κ1) is 25.1. The fourth-order valence-corrected chi connectivity index (χ4v) is 9.34. The van der Waals surface area contributed by atoms with Crippen LogP contribution in [0.5, 0.6) is 0 Å². The summed E-state index contributed by atoms with van der Waals surface area (Å²) in [5.74, 6) is 0. The Morgan fingerprint density at radius 2 is 1.20 bits per heavy atom. The van der Waals surface area contributed by atoms with Gasteiger partial charge in [0.25, 0.3) is 0 Å². The smallest absolute Gasteiger partial charge is 0.124 e. The van der Waals surface area contributed by atoms with E-state index >= 15 is 0 Å². The molecule has 3 heterocycles. The molecule has 0 amide bonds. The van der Waals surface area contributed by atoms with Gasteiger partial charge >= 0.3 is 0 Å². The monoisotopic (exact) mass is 608 g/mol. The second-order valence-corrected chi connectivity index (χ2v) is 13.6. The van der Waals surface area contributed by atoms with E-state index in [1.54, 1.807) is 11.3 Å². The number of benzene rings is 7. The third kappa shape index (κ3) is 3.77. The first-order valence-electron chi connectivity index (χ1n) is 15.1. The van der Waals surface area contributed by atoms with E-state index in [-0.39, 0.29) is 0 Å². The minimum absolute atomic E-state index is 1.05. The minimum atomic E-state index is 1.05. The Morgan fingerprint density at radius 1 is 0.489 bits per heavy atom. The number of hydrogen-bond acceptors (Lipinski definition) is 3. The van der Waals surface area contributed by atoms with Crippen molar-refractivity contribution in [1.29, 1.82) is 0 Å². The molecule has 0 saturated heterocycles. The van der Waals surface area contributed by atoms with Crippen LogP contribution in [0, 0.1) is 0 Å². The van der Waals surface area contributed by atoms with Crippen molar-refractivity contribution in [1.82, 2.24) is 9.55 Å². The van der Waals surface area contributed by atoms with Gasteiger partial charge in [-0.2, -0.15) is 0 Å². The number of fused-ring (bicyclic) bond motifs is 9. The number of thiazole rings is 1. The summed E-state index contributed by atoms with van der Waals surface area (Å²) < 4.78 is 6.30. The molecular formula is C41H24N2S2. The molecule has 210 valence electrons. The zero-order valence-corrected chi connectivity index (χ0v) is 25.7. The van der Waals surface area contributed by atoms with Gasteiger partial charge in [-0.25, -0.2) is 4.98 Å². The summed E-state index contributed by atoms with van der Waals surface area (Å²) in [6, 6.07) is 52.7. The zero-order chi connectivity index (χ0) is 29.5. The number of hydrogen-bond donors (Lipinski definition) is 0. The molecule has 0 N–H and O–H groups in total. The van der Waals surface area contributed by atoms with Crippen molar-refractivity contribution in [2.75, 3.05) is 0 Å². The van der Waals surface area contributed by atoms with Gasteiger partial charge in [-0.15, -0.1) is 22.7 Å². The largest absolute Gasteiger partial charge is 0.309 e. The molecule has 0 bridgehead atoms. The predicted octanol–water partition coefficient (Wildman–Crippen LogP) is 12.2. The van der Waals surface area contributed by atoms with E-state index in [1.807, 2.05) is 11.3 Å². The van der Waals surface area contributed by atoms with Gasteiger partial charge in [0.1, 0.15) is 5.01 Å². The van der Waals surface area contributed by atoms with Crippen molar-refractivity contribution in [3.63, 3.8) is 0 Å². The van der Waals surface area contributed by atoms with Gasteiger partial charge in [-0.3, -0.25) is 0 Å². The quantitative estimate of drug-likeness (QED) is 0.195. The molecule has 0 radical (unpaired) electrons. The normalized spacial score (nSPS) is 12.0. The molecule has 10 rings (SSSR count). The topological polar surface area (TPSA) is 17.8 Å². The lowest BCUT2D eigenvalue weighted by molar-refractivity contribution is 1.18. The van der Waals surface area contributed by atoms with Crippen LogP contribution < -0.4 is 0 Å². The van der Waals surface area contributed by atoms with Crippen LogP contribution in [0.4, 0.5) is 0 Å². The number of thiophene rings is 1. The molecule has 0 saturated carbocycles. The standard InChI is InChI=1S/C41H24N2S2/c1-2-10-25(11-3-1)32-24-34-40(38-31-15-7-9-17-37(31)44-39(32)38)45-41(42-34)26-18-20-29(21-19-26)43-35-16-8-6-14-30(35)33-22-27-12-4-5-13-28(27)23-36(33)43/h1-24H. The second-order valence-electron chi connectivity index (χ2n) is 11.6. The summed E-state index contributed by atoms with van der Waals surface area (Å²) in [6.45, 7) is 0. The summed E-state index contributed by atoms with van der Waals surface area (Å²) in [5.41, 5.74) is 8.28. The molecule has 3 aromatic heterocycles. The maximum atomic E-state index is 5.25. The third-order valence-electron chi connectivity index (χ3n) is 9.00. The van der Waals surface area contributed by atoms with Crippen molar-refractivity contribution in [3.8, 4) is 27.4 Å². The Bertz CT molecular complexity index is 2750.